The molecule has 4 heterocycles. The SMILES string of the molecule is O=C(C1CCN(c2ccc(C(F)(F)F)cn2)CC1)N1CCN(Cc2ccc3c(c2)OCO3)CC1. The van der Waals surface area contributed by atoms with Gasteiger partial charge in [-0.3, -0.25) is 9.69 Å². The molecule has 182 valence electrons. The topological polar surface area (TPSA) is 58.1 Å². The Bertz CT molecular complexity index is 1020. The molecule has 2 fully saturated rings. The van der Waals surface area contributed by atoms with Crippen LogP contribution < -0.4 is 14.4 Å². The number of halogens is 3. The summed E-state index contributed by atoms with van der Waals surface area (Å²) in [5.74, 6) is 2.22. The number of aromatic nitrogens is 1. The van der Waals surface area contributed by atoms with Gasteiger partial charge < -0.3 is 19.3 Å². The van der Waals surface area contributed by atoms with E-state index in [-0.39, 0.29) is 18.6 Å². The van der Waals surface area contributed by atoms with Crippen LogP contribution in [-0.4, -0.2) is 66.8 Å². The minimum absolute atomic E-state index is 0.0499. The Morgan fingerprint density at radius 3 is 2.38 bits per heavy atom. The highest BCUT2D eigenvalue weighted by molar-refractivity contribution is 5.79. The van der Waals surface area contributed by atoms with Crippen molar-refractivity contribution in [2.75, 3.05) is 51.0 Å². The number of carbonyl (C=O) groups excluding carboxylic acids is 1. The fourth-order valence-electron chi connectivity index (χ4n) is 4.78. The zero-order valence-electron chi connectivity index (χ0n) is 18.8. The molecule has 1 amide bonds. The number of ether oxygens (including phenoxy) is 2. The number of rotatable bonds is 4. The summed E-state index contributed by atoms with van der Waals surface area (Å²) in [6.45, 7) is 5.31. The van der Waals surface area contributed by atoms with Crippen molar-refractivity contribution in [3.05, 3.63) is 47.7 Å². The lowest BCUT2D eigenvalue weighted by atomic mass is 9.95. The average Bonchev–Trinajstić information content (AvgIpc) is 3.32. The fourth-order valence-corrected chi connectivity index (χ4v) is 4.78. The van der Waals surface area contributed by atoms with Crippen molar-refractivity contribution in [3.63, 3.8) is 0 Å². The van der Waals surface area contributed by atoms with Gasteiger partial charge in [-0.15, -0.1) is 0 Å². The first-order valence-electron chi connectivity index (χ1n) is 11.5. The first kappa shape index (κ1) is 22.8. The first-order valence-corrected chi connectivity index (χ1v) is 11.5. The maximum Gasteiger partial charge on any atom is 0.417 e. The molecule has 7 nitrogen and oxygen atoms in total. The zero-order chi connectivity index (χ0) is 23.7. The van der Waals surface area contributed by atoms with Gasteiger partial charge in [-0.05, 0) is 42.7 Å². The minimum atomic E-state index is -4.39. The van der Waals surface area contributed by atoms with Gasteiger partial charge in [0.1, 0.15) is 5.82 Å². The number of hydrogen-bond acceptors (Lipinski definition) is 6. The highest BCUT2D eigenvalue weighted by Gasteiger charge is 2.33. The van der Waals surface area contributed by atoms with Gasteiger partial charge in [0.25, 0.3) is 0 Å². The van der Waals surface area contributed by atoms with Crippen molar-refractivity contribution < 1.29 is 27.4 Å². The molecule has 1 aromatic heterocycles. The summed E-state index contributed by atoms with van der Waals surface area (Å²) in [6, 6.07) is 8.46. The summed E-state index contributed by atoms with van der Waals surface area (Å²) in [4.78, 5) is 23.3. The van der Waals surface area contributed by atoms with Crippen molar-refractivity contribution in [1.29, 1.82) is 0 Å². The van der Waals surface area contributed by atoms with Gasteiger partial charge in [0.2, 0.25) is 12.7 Å². The van der Waals surface area contributed by atoms with Gasteiger partial charge in [0.15, 0.2) is 11.5 Å². The molecular weight excluding hydrogens is 449 g/mol. The standard InChI is InChI=1S/C24H27F3N4O3/c25-24(26,27)19-2-4-22(28-14-19)30-7-5-18(6-8-30)23(32)31-11-9-29(10-12-31)15-17-1-3-20-21(13-17)34-16-33-20/h1-4,13-14,18H,5-12,15-16H2. The quantitative estimate of drug-likeness (QED) is 0.675. The molecule has 0 unspecified atom stereocenters. The minimum Gasteiger partial charge on any atom is -0.454 e. The summed E-state index contributed by atoms with van der Waals surface area (Å²) < 4.78 is 49.1. The van der Waals surface area contributed by atoms with E-state index in [1.54, 1.807) is 0 Å². The van der Waals surface area contributed by atoms with Crippen LogP contribution in [0.15, 0.2) is 36.5 Å². The molecule has 10 heteroatoms. The predicted octanol–water partition coefficient (Wildman–Crippen LogP) is 3.39. The van der Waals surface area contributed by atoms with E-state index in [0.29, 0.717) is 44.8 Å². The molecule has 3 aliphatic heterocycles. The molecule has 5 rings (SSSR count). The van der Waals surface area contributed by atoms with Crippen LogP contribution in [0.3, 0.4) is 0 Å². The van der Waals surface area contributed by atoms with E-state index in [1.807, 2.05) is 28.0 Å². The summed E-state index contributed by atoms with van der Waals surface area (Å²) in [5, 5.41) is 0. The third kappa shape index (κ3) is 4.91. The number of amides is 1. The molecule has 0 radical (unpaired) electrons. The first-order chi connectivity index (χ1) is 16.4. The van der Waals surface area contributed by atoms with Crippen LogP contribution in [0.2, 0.25) is 0 Å². The van der Waals surface area contributed by atoms with Crippen LogP contribution in [-0.2, 0) is 17.5 Å². The number of pyridine rings is 1. The Labute approximate surface area is 196 Å². The van der Waals surface area contributed by atoms with Crippen LogP contribution in [0.1, 0.15) is 24.0 Å². The fraction of sp³-hybridized carbons (Fsp3) is 0.500. The van der Waals surface area contributed by atoms with Crippen LogP contribution in [0.5, 0.6) is 11.5 Å². The smallest absolute Gasteiger partial charge is 0.417 e. The molecule has 3 aliphatic rings. The highest BCUT2D eigenvalue weighted by Crippen LogP contribution is 2.33. The summed E-state index contributed by atoms with van der Waals surface area (Å²) in [5.41, 5.74) is 0.409. The van der Waals surface area contributed by atoms with E-state index in [9.17, 15) is 18.0 Å². The van der Waals surface area contributed by atoms with Gasteiger partial charge in [0.05, 0.1) is 5.56 Å². The second-order valence-corrected chi connectivity index (χ2v) is 8.95. The molecule has 1 aromatic carbocycles. The van der Waals surface area contributed by atoms with Crippen LogP contribution in [0.25, 0.3) is 0 Å². The van der Waals surface area contributed by atoms with Crippen molar-refractivity contribution >= 4 is 11.7 Å². The van der Waals surface area contributed by atoms with Crippen LogP contribution >= 0.6 is 0 Å². The van der Waals surface area contributed by atoms with Gasteiger partial charge in [-0.1, -0.05) is 6.07 Å². The van der Waals surface area contributed by atoms with Crippen LogP contribution in [0, 0.1) is 5.92 Å². The molecule has 0 saturated carbocycles. The van der Waals surface area contributed by atoms with E-state index in [1.165, 1.54) is 6.07 Å². The van der Waals surface area contributed by atoms with Gasteiger partial charge in [0, 0.05) is 57.9 Å². The van der Waals surface area contributed by atoms with Crippen LogP contribution in [0.4, 0.5) is 19.0 Å². The Kier molecular flexibility index (Phi) is 6.24. The Hall–Kier alpha value is -3.01. The lowest BCUT2D eigenvalue weighted by molar-refractivity contribution is -0.138. The lowest BCUT2D eigenvalue weighted by Crippen LogP contribution is -2.51. The summed E-state index contributed by atoms with van der Waals surface area (Å²) >= 11 is 0. The molecule has 2 saturated heterocycles. The third-order valence-electron chi connectivity index (χ3n) is 6.77. The van der Waals surface area contributed by atoms with Crippen molar-refractivity contribution in [1.82, 2.24) is 14.8 Å². The molecule has 34 heavy (non-hydrogen) atoms. The number of anilines is 1. The predicted molar refractivity (Wildman–Crippen MR) is 119 cm³/mol. The number of piperidine rings is 1. The van der Waals surface area contributed by atoms with Crippen molar-refractivity contribution in [2.24, 2.45) is 5.92 Å². The van der Waals surface area contributed by atoms with E-state index in [4.69, 9.17) is 9.47 Å². The maximum absolute atomic E-state index is 13.1. The highest BCUT2D eigenvalue weighted by atomic mass is 19.4. The summed E-state index contributed by atoms with van der Waals surface area (Å²) in [7, 11) is 0. The number of nitrogens with zero attached hydrogens (tertiary/aromatic N) is 4. The van der Waals surface area contributed by atoms with Crippen molar-refractivity contribution in [3.8, 4) is 11.5 Å². The molecule has 0 bridgehead atoms. The second kappa shape index (κ2) is 9.32. The van der Waals surface area contributed by atoms with Gasteiger partial charge >= 0.3 is 6.18 Å². The van der Waals surface area contributed by atoms with E-state index < -0.39 is 11.7 Å². The number of fused-ring (bicyclic) bond motifs is 1. The van der Waals surface area contributed by atoms with E-state index >= 15 is 0 Å². The zero-order valence-corrected chi connectivity index (χ0v) is 18.8. The normalized spacial score (nSPS) is 19.5. The molecule has 2 aromatic rings. The molecular formula is C24H27F3N4O3. The molecule has 0 spiro atoms. The number of hydrogen-bond donors (Lipinski definition) is 0. The molecule has 0 N–H and O–H groups in total. The van der Waals surface area contributed by atoms with E-state index in [0.717, 1.165) is 49.0 Å². The maximum atomic E-state index is 13.1. The second-order valence-electron chi connectivity index (χ2n) is 8.95. The molecule has 0 aliphatic carbocycles. The Morgan fingerprint density at radius 2 is 1.71 bits per heavy atom. The Balaban J connectivity index is 1.08. The monoisotopic (exact) mass is 476 g/mol. The number of alkyl halides is 3. The van der Waals surface area contributed by atoms with E-state index in [2.05, 4.69) is 9.88 Å². The average molecular weight is 476 g/mol. The third-order valence-corrected chi connectivity index (χ3v) is 6.77. The molecule has 0 atom stereocenters. The Morgan fingerprint density at radius 1 is 0.971 bits per heavy atom. The van der Waals surface area contributed by atoms with Gasteiger partial charge in [-0.2, -0.15) is 13.2 Å². The number of piperazine rings is 1. The van der Waals surface area contributed by atoms with Gasteiger partial charge in [-0.25, -0.2) is 4.98 Å². The summed E-state index contributed by atoms with van der Waals surface area (Å²) in [6.07, 6.45) is -2.16. The number of carbonyl (C=O) groups is 1. The number of benzene rings is 1. The van der Waals surface area contributed by atoms with Crippen molar-refractivity contribution in [2.45, 2.75) is 25.6 Å². The lowest BCUT2D eigenvalue weighted by Gasteiger charge is -2.38. The largest absolute Gasteiger partial charge is 0.454 e.